The van der Waals surface area contributed by atoms with E-state index >= 15 is 0 Å². The van der Waals surface area contributed by atoms with Crippen molar-refractivity contribution in [2.24, 2.45) is 4.99 Å². The molecule has 3 heterocycles. The predicted molar refractivity (Wildman–Crippen MR) is 152 cm³/mol. The van der Waals surface area contributed by atoms with Crippen molar-refractivity contribution < 1.29 is 13.9 Å². The average molecular weight is 618 g/mol. The Balaban J connectivity index is 0.000000255. The largest absolute Gasteiger partial charge is 0.468 e. The van der Waals surface area contributed by atoms with E-state index in [0.29, 0.717) is 33.6 Å². The molecular weight excluding hydrogens is 589 g/mol. The van der Waals surface area contributed by atoms with Crippen molar-refractivity contribution in [2.45, 2.75) is 62.2 Å². The summed E-state index contributed by atoms with van der Waals surface area (Å²) >= 11 is 9.46. The average Bonchev–Trinajstić information content (AvgIpc) is 3.21. The van der Waals surface area contributed by atoms with Crippen LogP contribution in [0.3, 0.4) is 0 Å². The van der Waals surface area contributed by atoms with Crippen LogP contribution in [0.25, 0.3) is 0 Å². The number of nitrogens with two attached hydrogens (primary N) is 1. The third-order valence-corrected chi connectivity index (χ3v) is 8.41. The van der Waals surface area contributed by atoms with Gasteiger partial charge in [-0.1, -0.05) is 44.1 Å². The highest BCUT2D eigenvalue weighted by Gasteiger charge is 2.22. The van der Waals surface area contributed by atoms with Gasteiger partial charge in [0, 0.05) is 23.4 Å². The minimum atomic E-state index is -0.580. The number of carbonyl (C=O) groups excluding carboxylic acids is 1. The number of benzene rings is 1. The number of nitrogens with zero attached hydrogens (tertiary/aromatic N) is 6. The second-order valence-corrected chi connectivity index (χ2v) is 12.4. The summed E-state index contributed by atoms with van der Waals surface area (Å²) in [7, 11) is 1.30. The highest BCUT2D eigenvalue weighted by Crippen LogP contribution is 2.33. The third-order valence-electron chi connectivity index (χ3n) is 5.44. The van der Waals surface area contributed by atoms with Crippen LogP contribution in [0.1, 0.15) is 39.3 Å². The molecule has 0 saturated heterocycles. The van der Waals surface area contributed by atoms with Crippen molar-refractivity contribution in [3.05, 3.63) is 53.5 Å². The molecular formula is C23H29ClFN7O4S3. The number of nitrogen functional groups attached to an aromatic ring is 1. The Hall–Kier alpha value is -2.62. The van der Waals surface area contributed by atoms with E-state index in [4.69, 9.17) is 17.4 Å². The first kappa shape index (κ1) is 30.9. The van der Waals surface area contributed by atoms with Crippen LogP contribution in [0.15, 0.2) is 36.8 Å². The Kier molecular flexibility index (Phi) is 10.4. The summed E-state index contributed by atoms with van der Waals surface area (Å²) in [5.74, 6) is 4.65. The SMILES string of the molecule is COC(=O)CSc1cc(N=c2sc(=O)n3n2CCCC3)c(F)cc1Cl.CSc1nnc(C(C)(C)C)c(=O)n1N. The first-order valence-electron chi connectivity index (χ1n) is 11.7. The van der Waals surface area contributed by atoms with E-state index in [9.17, 15) is 18.8 Å². The lowest BCUT2D eigenvalue weighted by molar-refractivity contribution is -0.137. The maximum atomic E-state index is 14.3. The van der Waals surface area contributed by atoms with Gasteiger partial charge in [0.2, 0.25) is 9.96 Å². The van der Waals surface area contributed by atoms with Crippen LogP contribution in [0.4, 0.5) is 10.1 Å². The summed E-state index contributed by atoms with van der Waals surface area (Å²) in [4.78, 5) is 40.2. The molecule has 0 unspecified atom stereocenters. The van der Waals surface area contributed by atoms with E-state index in [2.05, 4.69) is 19.9 Å². The van der Waals surface area contributed by atoms with E-state index in [0.717, 1.165) is 46.7 Å². The number of esters is 1. The molecule has 1 aromatic carbocycles. The van der Waals surface area contributed by atoms with Crippen LogP contribution in [-0.4, -0.2) is 49.3 Å². The zero-order valence-corrected chi connectivity index (χ0v) is 25.3. The van der Waals surface area contributed by atoms with E-state index in [-0.39, 0.29) is 32.3 Å². The highest BCUT2D eigenvalue weighted by atomic mass is 35.5. The molecule has 1 aliphatic rings. The van der Waals surface area contributed by atoms with Crippen molar-refractivity contribution in [3.8, 4) is 0 Å². The van der Waals surface area contributed by atoms with Gasteiger partial charge in [-0.3, -0.25) is 19.1 Å². The summed E-state index contributed by atoms with van der Waals surface area (Å²) in [6, 6.07) is 2.64. The van der Waals surface area contributed by atoms with Crippen molar-refractivity contribution >= 4 is 58.1 Å². The lowest BCUT2D eigenvalue weighted by Crippen LogP contribution is -2.37. The summed E-state index contributed by atoms with van der Waals surface area (Å²) in [6.45, 7) is 7.02. The molecule has 0 aliphatic carbocycles. The molecule has 0 radical (unpaired) electrons. The smallest absolute Gasteiger partial charge is 0.325 e. The number of methoxy groups -OCH3 is 1. The predicted octanol–water partition coefficient (Wildman–Crippen LogP) is 3.17. The second kappa shape index (κ2) is 13.2. The Morgan fingerprint density at radius 1 is 1.23 bits per heavy atom. The minimum Gasteiger partial charge on any atom is -0.468 e. The highest BCUT2D eigenvalue weighted by molar-refractivity contribution is 8.00. The molecule has 4 rings (SSSR count). The van der Waals surface area contributed by atoms with Crippen molar-refractivity contribution in [2.75, 3.05) is 25.0 Å². The Morgan fingerprint density at radius 3 is 2.51 bits per heavy atom. The van der Waals surface area contributed by atoms with Crippen LogP contribution in [0, 0.1) is 5.82 Å². The van der Waals surface area contributed by atoms with E-state index < -0.39 is 11.8 Å². The van der Waals surface area contributed by atoms with Crippen LogP contribution in [0.2, 0.25) is 5.02 Å². The maximum Gasteiger partial charge on any atom is 0.325 e. The lowest BCUT2D eigenvalue weighted by atomic mass is 9.93. The monoisotopic (exact) mass is 617 g/mol. The Labute approximate surface area is 241 Å². The normalized spacial score (nSPS) is 13.5. The Morgan fingerprint density at radius 2 is 1.90 bits per heavy atom. The molecule has 0 saturated carbocycles. The van der Waals surface area contributed by atoms with E-state index in [1.165, 1.54) is 24.9 Å². The zero-order valence-electron chi connectivity index (χ0n) is 22.1. The fraction of sp³-hybridized carbons (Fsp3) is 0.478. The molecule has 16 heteroatoms. The summed E-state index contributed by atoms with van der Waals surface area (Å²) < 4.78 is 23.3. The van der Waals surface area contributed by atoms with Gasteiger partial charge in [-0.15, -0.1) is 22.0 Å². The molecule has 0 atom stereocenters. The number of halogens is 2. The fourth-order valence-electron chi connectivity index (χ4n) is 3.43. The molecule has 3 aromatic rings. The van der Waals surface area contributed by atoms with Gasteiger partial charge in [0.05, 0.1) is 17.9 Å². The van der Waals surface area contributed by atoms with Gasteiger partial charge in [0.1, 0.15) is 17.2 Å². The maximum absolute atomic E-state index is 14.3. The molecule has 2 aromatic heterocycles. The number of carbonyl (C=O) groups is 1. The number of rotatable bonds is 5. The number of thioether (sulfide) groups is 2. The summed E-state index contributed by atoms with van der Waals surface area (Å²) in [5.41, 5.74) is -0.142. The van der Waals surface area contributed by atoms with Crippen molar-refractivity contribution in [3.63, 3.8) is 0 Å². The summed E-state index contributed by atoms with van der Waals surface area (Å²) in [5, 5.41) is 8.39. The van der Waals surface area contributed by atoms with Gasteiger partial charge >= 0.3 is 10.8 Å². The lowest BCUT2D eigenvalue weighted by Gasteiger charge is -2.16. The number of fused-ring (bicyclic) bond motifs is 1. The molecule has 1 aliphatic heterocycles. The van der Waals surface area contributed by atoms with Crippen LogP contribution in [-0.2, 0) is 28.0 Å². The number of aromatic nitrogens is 5. The molecule has 0 amide bonds. The first-order chi connectivity index (χ1) is 18.4. The van der Waals surface area contributed by atoms with Gasteiger partial charge in [0.25, 0.3) is 5.56 Å². The third kappa shape index (κ3) is 7.52. The topological polar surface area (TPSA) is 139 Å². The molecule has 0 spiro atoms. The van der Waals surface area contributed by atoms with E-state index in [1.54, 1.807) is 15.6 Å². The van der Waals surface area contributed by atoms with Crippen LogP contribution >= 0.6 is 46.5 Å². The van der Waals surface area contributed by atoms with E-state index in [1.807, 2.05) is 20.8 Å². The fourth-order valence-corrected chi connectivity index (χ4v) is 5.82. The minimum absolute atomic E-state index is 0.0605. The first-order valence-corrected chi connectivity index (χ1v) is 15.1. The van der Waals surface area contributed by atoms with Gasteiger partial charge in [-0.05, 0) is 42.6 Å². The molecule has 11 nitrogen and oxygen atoms in total. The van der Waals surface area contributed by atoms with Gasteiger partial charge in [-0.25, -0.2) is 14.1 Å². The molecule has 39 heavy (non-hydrogen) atoms. The van der Waals surface area contributed by atoms with Crippen LogP contribution in [0.5, 0.6) is 0 Å². The van der Waals surface area contributed by atoms with Gasteiger partial charge in [0.15, 0.2) is 0 Å². The van der Waals surface area contributed by atoms with Gasteiger partial charge < -0.3 is 10.6 Å². The van der Waals surface area contributed by atoms with Gasteiger partial charge in [-0.2, -0.15) is 4.68 Å². The van der Waals surface area contributed by atoms with Crippen molar-refractivity contribution in [1.29, 1.82) is 0 Å². The molecule has 2 N–H and O–H groups in total. The molecule has 0 fully saturated rings. The summed E-state index contributed by atoms with van der Waals surface area (Å²) in [6.07, 6.45) is 3.69. The molecule has 0 bridgehead atoms. The number of ether oxygens (including phenoxy) is 1. The van der Waals surface area contributed by atoms with Crippen molar-refractivity contribution in [1.82, 2.24) is 24.2 Å². The second-order valence-electron chi connectivity index (χ2n) is 9.28. The number of hydrogen-bond donors (Lipinski definition) is 1. The Bertz CT molecular complexity index is 1540. The standard InChI is InChI=1S/C15H15ClFN3O3S2.C8H14N4OS/c1-23-13(21)8-24-12-7-11(10(17)6-9(12)16)18-14-19-4-2-3-5-20(19)15(22)25-14;1-8(2,3)5-6(13)12(9)7(14-4)11-10-5/h6-7H,2-5,8H2,1H3;9H2,1-4H3. The molecule has 212 valence electrons. The quantitative estimate of drug-likeness (QED) is 0.260. The zero-order chi connectivity index (χ0) is 28.9. The number of hydrogen-bond acceptors (Lipinski definition) is 11. The van der Waals surface area contributed by atoms with Crippen LogP contribution < -0.4 is 21.1 Å².